The van der Waals surface area contributed by atoms with E-state index < -0.39 is 0 Å². The molecule has 1 amide bonds. The molecule has 2 aromatic rings. The fourth-order valence-corrected chi connectivity index (χ4v) is 5.03. The van der Waals surface area contributed by atoms with Gasteiger partial charge in [-0.1, -0.05) is 13.8 Å². The summed E-state index contributed by atoms with van der Waals surface area (Å²) in [6, 6.07) is 3.96. The van der Waals surface area contributed by atoms with Gasteiger partial charge in [-0.3, -0.25) is 9.78 Å². The van der Waals surface area contributed by atoms with Crippen molar-refractivity contribution < 1.29 is 4.79 Å². The molecule has 2 unspecified atom stereocenters. The van der Waals surface area contributed by atoms with E-state index in [1.807, 2.05) is 23.0 Å². The van der Waals surface area contributed by atoms with Crippen LogP contribution in [0.1, 0.15) is 37.9 Å². The number of nitrogens with zero attached hydrogens (tertiary/aromatic N) is 4. The standard InChI is InChI=1S/C21H27N5O/c1-20(2)10-18-15(11-24-26(18)16-3-6-22-7-4-16)12-25(14-20)19(27)17-9-21(17)5-8-23-13-21/h3-4,6-7,11,17,23H,5,8-10,12-14H2,1-2H3. The van der Waals surface area contributed by atoms with Crippen LogP contribution in [0.15, 0.2) is 30.7 Å². The maximum absolute atomic E-state index is 13.3. The molecule has 3 aliphatic rings. The highest BCUT2D eigenvalue weighted by atomic mass is 16.2. The molecule has 4 heterocycles. The minimum atomic E-state index is 0.0156. The van der Waals surface area contributed by atoms with Crippen molar-refractivity contribution >= 4 is 5.91 Å². The Morgan fingerprint density at radius 3 is 2.85 bits per heavy atom. The molecule has 1 saturated heterocycles. The maximum Gasteiger partial charge on any atom is 0.226 e. The smallest absolute Gasteiger partial charge is 0.226 e. The lowest BCUT2D eigenvalue weighted by atomic mass is 9.87. The van der Waals surface area contributed by atoms with Gasteiger partial charge in [0.15, 0.2) is 0 Å². The number of nitrogens with one attached hydrogen (secondary N) is 1. The van der Waals surface area contributed by atoms with Crippen molar-refractivity contribution in [1.82, 2.24) is 25.0 Å². The van der Waals surface area contributed by atoms with Crippen LogP contribution in [-0.2, 0) is 17.8 Å². The maximum atomic E-state index is 13.3. The van der Waals surface area contributed by atoms with E-state index in [1.165, 1.54) is 11.3 Å². The molecule has 27 heavy (non-hydrogen) atoms. The molecule has 5 rings (SSSR count). The number of fused-ring (bicyclic) bond motifs is 1. The van der Waals surface area contributed by atoms with E-state index in [0.29, 0.717) is 12.5 Å². The topological polar surface area (TPSA) is 63.1 Å². The van der Waals surface area contributed by atoms with Gasteiger partial charge in [0.25, 0.3) is 0 Å². The Kier molecular flexibility index (Phi) is 3.69. The first-order valence-corrected chi connectivity index (χ1v) is 9.93. The summed E-state index contributed by atoms with van der Waals surface area (Å²) < 4.78 is 2.02. The van der Waals surface area contributed by atoms with Gasteiger partial charge in [-0.05, 0) is 48.8 Å². The van der Waals surface area contributed by atoms with E-state index in [1.54, 1.807) is 12.4 Å². The fraction of sp³-hybridized carbons (Fsp3) is 0.571. The van der Waals surface area contributed by atoms with Gasteiger partial charge in [-0.2, -0.15) is 5.10 Å². The van der Waals surface area contributed by atoms with Crippen molar-refractivity contribution in [2.75, 3.05) is 19.6 Å². The Morgan fingerprint density at radius 2 is 2.11 bits per heavy atom. The molecule has 2 atom stereocenters. The zero-order chi connectivity index (χ0) is 18.6. The Labute approximate surface area is 160 Å². The molecule has 2 aliphatic heterocycles. The van der Waals surface area contributed by atoms with Gasteiger partial charge in [0.05, 0.1) is 11.9 Å². The van der Waals surface area contributed by atoms with Crippen LogP contribution >= 0.6 is 0 Å². The summed E-state index contributed by atoms with van der Waals surface area (Å²) in [6.45, 7) is 8.04. The van der Waals surface area contributed by atoms with Crippen molar-refractivity contribution in [1.29, 1.82) is 0 Å². The zero-order valence-corrected chi connectivity index (χ0v) is 16.1. The lowest BCUT2D eigenvalue weighted by Gasteiger charge is -2.30. The first-order valence-electron chi connectivity index (χ1n) is 9.93. The summed E-state index contributed by atoms with van der Waals surface area (Å²) in [5.74, 6) is 0.552. The lowest BCUT2D eigenvalue weighted by molar-refractivity contribution is -0.135. The monoisotopic (exact) mass is 365 g/mol. The summed E-state index contributed by atoms with van der Waals surface area (Å²) >= 11 is 0. The van der Waals surface area contributed by atoms with E-state index in [-0.39, 0.29) is 16.7 Å². The zero-order valence-electron chi connectivity index (χ0n) is 16.1. The summed E-state index contributed by atoms with van der Waals surface area (Å²) in [6.07, 6.45) is 8.64. The highest BCUT2D eigenvalue weighted by molar-refractivity contribution is 5.83. The van der Waals surface area contributed by atoms with E-state index in [9.17, 15) is 4.79 Å². The first-order chi connectivity index (χ1) is 13.0. The van der Waals surface area contributed by atoms with Gasteiger partial charge in [0.1, 0.15) is 0 Å². The average Bonchev–Trinajstić information content (AvgIpc) is 2.97. The second-order valence-electron chi connectivity index (χ2n) is 9.31. The number of hydrogen-bond acceptors (Lipinski definition) is 4. The molecule has 0 bridgehead atoms. The SMILES string of the molecule is CC1(C)Cc2c(cnn2-c2ccncc2)CN(C(=O)C2CC23CCNC3)C1. The molecule has 6 heteroatoms. The van der Waals surface area contributed by atoms with Crippen LogP contribution in [0.25, 0.3) is 5.69 Å². The minimum absolute atomic E-state index is 0.0156. The summed E-state index contributed by atoms with van der Waals surface area (Å²) in [5.41, 5.74) is 3.68. The third-order valence-electron chi connectivity index (χ3n) is 6.56. The van der Waals surface area contributed by atoms with Crippen LogP contribution in [0.3, 0.4) is 0 Å². The minimum Gasteiger partial charge on any atom is -0.337 e. The van der Waals surface area contributed by atoms with E-state index >= 15 is 0 Å². The predicted octanol–water partition coefficient (Wildman–Crippen LogP) is 2.18. The predicted molar refractivity (Wildman–Crippen MR) is 102 cm³/mol. The second-order valence-corrected chi connectivity index (χ2v) is 9.31. The average molecular weight is 365 g/mol. The lowest BCUT2D eigenvalue weighted by Crippen LogP contribution is -2.39. The molecular formula is C21H27N5O. The third kappa shape index (κ3) is 2.87. The van der Waals surface area contributed by atoms with Crippen molar-refractivity contribution in [3.8, 4) is 5.69 Å². The number of hydrogen-bond donors (Lipinski definition) is 1. The Hall–Kier alpha value is -2.21. The van der Waals surface area contributed by atoms with Gasteiger partial charge >= 0.3 is 0 Å². The van der Waals surface area contributed by atoms with E-state index in [0.717, 1.165) is 44.6 Å². The number of amides is 1. The molecule has 1 aliphatic carbocycles. The van der Waals surface area contributed by atoms with Crippen molar-refractivity contribution in [2.45, 2.75) is 39.7 Å². The highest BCUT2D eigenvalue weighted by Crippen LogP contribution is 2.57. The second kappa shape index (κ2) is 5.89. The molecule has 0 radical (unpaired) electrons. The Balaban J connectivity index is 1.44. The molecule has 0 aromatic carbocycles. The van der Waals surface area contributed by atoms with Gasteiger partial charge in [-0.25, -0.2) is 4.68 Å². The van der Waals surface area contributed by atoms with Crippen LogP contribution in [0.2, 0.25) is 0 Å². The van der Waals surface area contributed by atoms with Crippen LogP contribution in [0.4, 0.5) is 0 Å². The van der Waals surface area contributed by atoms with Crippen LogP contribution < -0.4 is 5.32 Å². The van der Waals surface area contributed by atoms with Crippen LogP contribution in [0, 0.1) is 16.7 Å². The molecule has 1 N–H and O–H groups in total. The fourth-order valence-electron chi connectivity index (χ4n) is 5.03. The van der Waals surface area contributed by atoms with Gasteiger partial charge < -0.3 is 10.2 Å². The third-order valence-corrected chi connectivity index (χ3v) is 6.56. The molecule has 1 spiro atoms. The summed E-state index contributed by atoms with van der Waals surface area (Å²) in [7, 11) is 0. The molecule has 6 nitrogen and oxygen atoms in total. The molecular weight excluding hydrogens is 338 g/mol. The van der Waals surface area contributed by atoms with Crippen molar-refractivity contribution in [3.05, 3.63) is 42.0 Å². The molecule has 1 saturated carbocycles. The first kappa shape index (κ1) is 16.9. The molecule has 142 valence electrons. The van der Waals surface area contributed by atoms with Gasteiger partial charge in [0.2, 0.25) is 5.91 Å². The number of carbonyl (C=O) groups excluding carboxylic acids is 1. The Morgan fingerprint density at radius 1 is 1.30 bits per heavy atom. The Bertz CT molecular complexity index is 866. The summed E-state index contributed by atoms with van der Waals surface area (Å²) in [5, 5.41) is 8.08. The highest BCUT2D eigenvalue weighted by Gasteiger charge is 2.60. The van der Waals surface area contributed by atoms with Crippen LogP contribution in [0.5, 0.6) is 0 Å². The summed E-state index contributed by atoms with van der Waals surface area (Å²) in [4.78, 5) is 19.5. The number of carbonyl (C=O) groups is 1. The molecule has 2 aromatic heterocycles. The van der Waals surface area contributed by atoms with E-state index in [2.05, 4.69) is 34.1 Å². The largest absolute Gasteiger partial charge is 0.337 e. The van der Waals surface area contributed by atoms with Gasteiger partial charge in [-0.15, -0.1) is 0 Å². The van der Waals surface area contributed by atoms with Gasteiger partial charge in [0, 0.05) is 49.2 Å². The number of pyridine rings is 1. The number of aromatic nitrogens is 3. The van der Waals surface area contributed by atoms with Crippen molar-refractivity contribution in [3.63, 3.8) is 0 Å². The number of rotatable bonds is 2. The van der Waals surface area contributed by atoms with E-state index in [4.69, 9.17) is 0 Å². The van der Waals surface area contributed by atoms with Crippen molar-refractivity contribution in [2.24, 2.45) is 16.7 Å². The quantitative estimate of drug-likeness (QED) is 0.886. The molecule has 2 fully saturated rings. The van der Waals surface area contributed by atoms with Crippen LogP contribution in [-0.4, -0.2) is 45.2 Å². The normalized spacial score (nSPS) is 28.8.